The van der Waals surface area contributed by atoms with Gasteiger partial charge in [0.25, 0.3) is 11.6 Å². The molecule has 2 aromatic carbocycles. The van der Waals surface area contributed by atoms with Crippen molar-refractivity contribution in [3.05, 3.63) is 63.7 Å². The molecule has 2 N–H and O–H groups in total. The highest BCUT2D eigenvalue weighted by Crippen LogP contribution is 2.55. The van der Waals surface area contributed by atoms with Gasteiger partial charge in [-0.15, -0.1) is 23.4 Å². The number of carbonyl (C=O) groups is 2. The number of aliphatic carboxylic acids is 1. The van der Waals surface area contributed by atoms with Crippen LogP contribution in [0.5, 0.6) is 0 Å². The number of carboxylic acid groups (broad SMARTS) is 1. The number of nitro benzene ring substituents is 1. The van der Waals surface area contributed by atoms with Crippen molar-refractivity contribution in [2.75, 3.05) is 11.9 Å². The Labute approximate surface area is 218 Å². The van der Waals surface area contributed by atoms with E-state index in [1.807, 2.05) is 11.0 Å². The molecule has 1 aliphatic carbocycles. The van der Waals surface area contributed by atoms with E-state index in [-0.39, 0.29) is 34.7 Å². The molecule has 1 amide bonds. The van der Waals surface area contributed by atoms with Crippen LogP contribution in [0.1, 0.15) is 54.4 Å². The summed E-state index contributed by atoms with van der Waals surface area (Å²) >= 11 is 8.36. The van der Waals surface area contributed by atoms with Gasteiger partial charge in [0, 0.05) is 41.1 Å². The Morgan fingerprint density at radius 3 is 2.72 bits per heavy atom. The molecule has 0 radical (unpaired) electrons. The number of carboxylic acids is 1. The van der Waals surface area contributed by atoms with Crippen LogP contribution in [0.15, 0.2) is 47.4 Å². The number of thioether (sulfide) groups is 1. The quantitative estimate of drug-likeness (QED) is 0.304. The van der Waals surface area contributed by atoms with E-state index in [4.69, 9.17) is 11.6 Å². The van der Waals surface area contributed by atoms with Crippen LogP contribution >= 0.6 is 23.4 Å². The Hall–Kier alpha value is -2.78. The molecule has 8 nitrogen and oxygen atoms in total. The fourth-order valence-electron chi connectivity index (χ4n) is 5.93. The van der Waals surface area contributed by atoms with Crippen LogP contribution in [0.4, 0.5) is 11.4 Å². The zero-order valence-corrected chi connectivity index (χ0v) is 21.4. The number of rotatable bonds is 5. The molecule has 5 rings (SSSR count). The lowest BCUT2D eigenvalue weighted by Crippen LogP contribution is -2.43. The number of hydrogen-bond donors (Lipinski definition) is 2. The van der Waals surface area contributed by atoms with Gasteiger partial charge >= 0.3 is 5.97 Å². The molecule has 2 aromatic rings. The lowest BCUT2D eigenvalue weighted by Gasteiger charge is -2.37. The number of benzene rings is 2. The average molecular weight is 530 g/mol. The van der Waals surface area contributed by atoms with E-state index in [0.717, 1.165) is 31.4 Å². The van der Waals surface area contributed by atoms with Crippen LogP contribution < -0.4 is 5.32 Å². The second-order valence-electron chi connectivity index (χ2n) is 9.86. The molecule has 1 saturated carbocycles. The second kappa shape index (κ2) is 9.94. The topological polar surface area (TPSA) is 113 Å². The van der Waals surface area contributed by atoms with E-state index in [2.05, 4.69) is 12.2 Å². The first-order valence-electron chi connectivity index (χ1n) is 12.2. The summed E-state index contributed by atoms with van der Waals surface area (Å²) < 4.78 is 0. The Morgan fingerprint density at radius 2 is 2.00 bits per heavy atom. The minimum absolute atomic E-state index is 0.0121. The first kappa shape index (κ1) is 24.9. The molecular weight excluding hydrogens is 502 g/mol. The Kier molecular flexibility index (Phi) is 6.87. The number of amides is 1. The summed E-state index contributed by atoms with van der Waals surface area (Å²) in [5.41, 5.74) is 2.11. The molecule has 190 valence electrons. The minimum Gasteiger partial charge on any atom is -0.480 e. The van der Waals surface area contributed by atoms with Crippen LogP contribution in [-0.2, 0) is 4.79 Å². The maximum Gasteiger partial charge on any atom is 0.326 e. The van der Waals surface area contributed by atoms with Gasteiger partial charge in [-0.25, -0.2) is 4.79 Å². The third kappa shape index (κ3) is 4.43. The van der Waals surface area contributed by atoms with E-state index in [0.29, 0.717) is 22.6 Å². The van der Waals surface area contributed by atoms with Crippen LogP contribution in [0, 0.1) is 16.0 Å². The monoisotopic (exact) mass is 529 g/mol. The predicted octanol–water partition coefficient (Wildman–Crippen LogP) is 5.36. The van der Waals surface area contributed by atoms with Crippen LogP contribution in [0.2, 0.25) is 0 Å². The largest absolute Gasteiger partial charge is 0.480 e. The van der Waals surface area contributed by atoms with E-state index in [1.54, 1.807) is 30.3 Å². The number of likely N-dealkylation sites (tertiary alicyclic amines) is 1. The molecule has 2 fully saturated rings. The fraction of sp³-hybridized carbons (Fsp3) is 0.462. The number of nitrogens with one attached hydrogen (secondary N) is 1. The van der Waals surface area contributed by atoms with Gasteiger partial charge < -0.3 is 15.3 Å². The number of halogens is 1. The smallest absolute Gasteiger partial charge is 0.326 e. The van der Waals surface area contributed by atoms with Crippen molar-refractivity contribution < 1.29 is 19.6 Å². The van der Waals surface area contributed by atoms with Crippen molar-refractivity contribution in [2.45, 2.75) is 66.1 Å². The molecule has 0 spiro atoms. The van der Waals surface area contributed by atoms with Crippen molar-refractivity contribution >= 4 is 46.6 Å². The lowest BCUT2D eigenvalue weighted by molar-refractivity contribution is -0.387. The van der Waals surface area contributed by atoms with E-state index in [9.17, 15) is 24.8 Å². The van der Waals surface area contributed by atoms with Gasteiger partial charge in [0.1, 0.15) is 6.04 Å². The minimum atomic E-state index is -0.960. The molecule has 0 unspecified atom stereocenters. The van der Waals surface area contributed by atoms with Crippen molar-refractivity contribution in [3.63, 3.8) is 0 Å². The third-order valence-corrected chi connectivity index (χ3v) is 9.84. The van der Waals surface area contributed by atoms with E-state index >= 15 is 0 Å². The number of para-hydroxylation sites is 1. The maximum atomic E-state index is 13.4. The molecule has 1 saturated heterocycles. The third-order valence-electron chi connectivity index (χ3n) is 7.73. The Bertz CT molecular complexity index is 1210. The molecule has 0 aromatic heterocycles. The molecule has 2 heterocycles. The van der Waals surface area contributed by atoms with Gasteiger partial charge in [-0.3, -0.25) is 14.9 Å². The SMILES string of the molecule is C[C@H]1CCCCN1C(=O)c1ccc2c(c1)[C@H]1[C@@H](Cl)[C@@H](Sc3ccccc3[N+](=O)[O-])C[C@@H]1[C@@H](C(=O)O)N2. The molecule has 3 aliphatic rings. The number of nitro groups is 1. The summed E-state index contributed by atoms with van der Waals surface area (Å²) in [4.78, 5) is 39.1. The standard InChI is InChI=1S/C26H28ClN3O5S/c1-14-6-4-5-11-29(14)25(31)15-9-10-18-16(12-15)22-17(24(28-18)26(32)33)13-21(23(22)27)36-20-8-3-2-7-19(20)30(34)35/h2-3,7-10,12,14,17,21-24,28H,4-6,11,13H2,1H3,(H,32,33)/t14-,17-,21-,22+,23-,24-/m0/s1. The summed E-state index contributed by atoms with van der Waals surface area (Å²) in [5.74, 6) is -1.58. The first-order valence-corrected chi connectivity index (χ1v) is 13.6. The summed E-state index contributed by atoms with van der Waals surface area (Å²) in [5, 5.41) is 24.0. The van der Waals surface area contributed by atoms with E-state index in [1.165, 1.54) is 17.8 Å². The van der Waals surface area contributed by atoms with Gasteiger partial charge in [0.15, 0.2) is 0 Å². The van der Waals surface area contributed by atoms with Crippen LogP contribution in [0.25, 0.3) is 0 Å². The number of carbonyl (C=O) groups excluding carboxylic acids is 1. The zero-order chi connectivity index (χ0) is 25.6. The van der Waals surface area contributed by atoms with Gasteiger partial charge in [-0.05, 0) is 68.4 Å². The number of piperidine rings is 1. The van der Waals surface area contributed by atoms with Crippen molar-refractivity contribution in [3.8, 4) is 0 Å². The molecule has 2 aliphatic heterocycles. The van der Waals surface area contributed by atoms with Crippen LogP contribution in [-0.4, -0.2) is 56.1 Å². The normalized spacial score (nSPS) is 29.1. The highest BCUT2D eigenvalue weighted by Gasteiger charge is 2.52. The number of anilines is 1. The fourth-order valence-corrected chi connectivity index (χ4v) is 7.87. The van der Waals surface area contributed by atoms with E-state index < -0.39 is 22.3 Å². The molecule has 0 bridgehead atoms. The van der Waals surface area contributed by atoms with Gasteiger partial charge in [0.05, 0.1) is 15.2 Å². The van der Waals surface area contributed by atoms with Gasteiger partial charge in [0.2, 0.25) is 0 Å². The number of nitrogens with zero attached hydrogens (tertiary/aromatic N) is 2. The highest BCUT2D eigenvalue weighted by molar-refractivity contribution is 8.00. The summed E-state index contributed by atoms with van der Waals surface area (Å²) in [6.07, 6.45) is 3.57. The Morgan fingerprint density at radius 1 is 1.22 bits per heavy atom. The molecule has 6 atom stereocenters. The zero-order valence-electron chi connectivity index (χ0n) is 19.8. The van der Waals surface area contributed by atoms with Crippen molar-refractivity contribution in [1.82, 2.24) is 4.90 Å². The maximum absolute atomic E-state index is 13.4. The van der Waals surface area contributed by atoms with Crippen molar-refractivity contribution in [2.24, 2.45) is 5.92 Å². The van der Waals surface area contributed by atoms with Gasteiger partial charge in [-0.1, -0.05) is 12.1 Å². The molecule has 36 heavy (non-hydrogen) atoms. The average Bonchev–Trinajstić information content (AvgIpc) is 3.19. The molecule has 10 heteroatoms. The molecular formula is C26H28ClN3O5S. The van der Waals surface area contributed by atoms with Crippen molar-refractivity contribution in [1.29, 1.82) is 0 Å². The predicted molar refractivity (Wildman–Crippen MR) is 139 cm³/mol. The van der Waals surface area contributed by atoms with Gasteiger partial charge in [-0.2, -0.15) is 0 Å². The Balaban J connectivity index is 1.48. The highest BCUT2D eigenvalue weighted by atomic mass is 35.5. The number of fused-ring (bicyclic) bond motifs is 3. The lowest BCUT2D eigenvalue weighted by atomic mass is 9.79. The van der Waals surface area contributed by atoms with Crippen LogP contribution in [0.3, 0.4) is 0 Å². The second-order valence-corrected chi connectivity index (χ2v) is 11.6. The first-order chi connectivity index (χ1) is 17.3. The summed E-state index contributed by atoms with van der Waals surface area (Å²) in [6.45, 7) is 2.80. The summed E-state index contributed by atoms with van der Waals surface area (Å²) in [6, 6.07) is 11.3. The summed E-state index contributed by atoms with van der Waals surface area (Å²) in [7, 11) is 0. The number of alkyl halides is 1. The number of hydrogen-bond acceptors (Lipinski definition) is 6.